The van der Waals surface area contributed by atoms with Gasteiger partial charge in [-0.3, -0.25) is 0 Å². The maximum Gasteiger partial charge on any atom is 0.417 e. The van der Waals surface area contributed by atoms with Crippen LogP contribution in [0.2, 0.25) is 0 Å². The smallest absolute Gasteiger partial charge is 0.417 e. The number of alkyl halides is 3. The van der Waals surface area contributed by atoms with E-state index < -0.39 is 29.7 Å². The number of furan rings is 1. The molecular weight excluding hydrogens is 252 g/mol. The van der Waals surface area contributed by atoms with Gasteiger partial charge >= 0.3 is 6.18 Å². The van der Waals surface area contributed by atoms with Gasteiger partial charge in [0.2, 0.25) is 0 Å². The molecule has 18 heavy (non-hydrogen) atoms. The zero-order valence-electron chi connectivity index (χ0n) is 9.81. The van der Waals surface area contributed by atoms with E-state index in [0.717, 1.165) is 6.07 Å². The molecule has 1 heterocycles. The first kappa shape index (κ1) is 14.5. The van der Waals surface area contributed by atoms with Crippen molar-refractivity contribution in [3.8, 4) is 0 Å². The average molecular weight is 264 g/mol. The van der Waals surface area contributed by atoms with Gasteiger partial charge in [0, 0.05) is 5.39 Å². The molecule has 100 valence electrons. The molecule has 0 spiro atoms. The molecule has 0 atom stereocenters. The Morgan fingerprint density at radius 3 is 2.33 bits per heavy atom. The predicted octanol–water partition coefficient (Wildman–Crippen LogP) is 4.11. The molecule has 0 bridgehead atoms. The number of rotatable bonds is 1. The third-order valence-corrected chi connectivity index (χ3v) is 2.15. The van der Waals surface area contributed by atoms with Crippen molar-refractivity contribution in [2.24, 2.45) is 0 Å². The predicted molar refractivity (Wildman–Crippen MR) is 58.4 cm³/mol. The number of aliphatic hydroxyl groups is 1. The van der Waals surface area contributed by atoms with E-state index in [-0.39, 0.29) is 11.1 Å². The minimum Gasteiger partial charge on any atom is -0.456 e. The topological polar surface area (TPSA) is 33.4 Å². The minimum absolute atomic E-state index is 0.106. The van der Waals surface area contributed by atoms with Crippen LogP contribution in [0.15, 0.2) is 22.6 Å². The summed E-state index contributed by atoms with van der Waals surface area (Å²) in [6.45, 7) is 3.42. The summed E-state index contributed by atoms with van der Waals surface area (Å²) in [5.74, 6) is -0.992. The molecule has 0 aliphatic heterocycles. The van der Waals surface area contributed by atoms with E-state index >= 15 is 0 Å². The molecule has 0 aliphatic rings. The Hall–Kier alpha value is -1.56. The van der Waals surface area contributed by atoms with Crippen molar-refractivity contribution in [1.29, 1.82) is 0 Å². The Kier molecular flexibility index (Phi) is 4.34. The molecule has 0 fully saturated rings. The van der Waals surface area contributed by atoms with E-state index in [1.807, 2.05) is 13.8 Å². The monoisotopic (exact) mass is 264 g/mol. The highest BCUT2D eigenvalue weighted by Gasteiger charge is 2.34. The summed E-state index contributed by atoms with van der Waals surface area (Å²) < 4.78 is 55.5. The van der Waals surface area contributed by atoms with Crippen LogP contribution < -0.4 is 0 Å². The first-order valence-corrected chi connectivity index (χ1v) is 5.32. The Labute approximate surface area is 101 Å². The van der Waals surface area contributed by atoms with E-state index in [1.165, 1.54) is 0 Å². The van der Waals surface area contributed by atoms with Crippen molar-refractivity contribution in [2.75, 3.05) is 0 Å². The molecule has 1 aromatic carbocycles. The molecule has 0 aliphatic carbocycles. The fraction of sp³-hybridized carbons (Fsp3) is 0.333. The van der Waals surface area contributed by atoms with Crippen molar-refractivity contribution < 1.29 is 27.1 Å². The van der Waals surface area contributed by atoms with Gasteiger partial charge in [-0.15, -0.1) is 0 Å². The van der Waals surface area contributed by atoms with Gasteiger partial charge in [-0.25, -0.2) is 4.39 Å². The first-order valence-electron chi connectivity index (χ1n) is 5.32. The molecular formula is C12H12F4O2. The van der Waals surface area contributed by atoms with Crippen LogP contribution in [0.4, 0.5) is 17.6 Å². The normalized spacial score (nSPS) is 11.3. The standard InChI is InChI=1S/C10H6F4O2.C2H6/c11-8-2-1-7(10(12,13)14)6-3-5(4-15)16-9(6)8;1-2/h1-3,15H,4H2;1-2H3. The lowest BCUT2D eigenvalue weighted by molar-refractivity contribution is -0.136. The van der Waals surface area contributed by atoms with Gasteiger partial charge in [-0.2, -0.15) is 13.2 Å². The molecule has 0 saturated heterocycles. The van der Waals surface area contributed by atoms with Gasteiger partial charge in [-0.05, 0) is 18.2 Å². The molecule has 0 saturated carbocycles. The number of benzene rings is 1. The highest BCUT2D eigenvalue weighted by molar-refractivity contribution is 5.82. The number of hydrogen-bond acceptors (Lipinski definition) is 2. The summed E-state index contributed by atoms with van der Waals surface area (Å²) in [7, 11) is 0. The second kappa shape index (κ2) is 5.39. The molecule has 0 amide bonds. The minimum atomic E-state index is -4.58. The molecule has 0 radical (unpaired) electrons. The van der Waals surface area contributed by atoms with Gasteiger partial charge in [0.1, 0.15) is 12.4 Å². The van der Waals surface area contributed by atoms with E-state index in [0.29, 0.717) is 12.1 Å². The fourth-order valence-corrected chi connectivity index (χ4v) is 1.47. The molecule has 2 rings (SSSR count). The Balaban J connectivity index is 0.000000771. The second-order valence-electron chi connectivity index (χ2n) is 3.21. The van der Waals surface area contributed by atoms with Crippen LogP contribution in [0.3, 0.4) is 0 Å². The lowest BCUT2D eigenvalue weighted by Crippen LogP contribution is -2.05. The molecule has 6 heteroatoms. The van der Waals surface area contributed by atoms with Crippen LogP contribution >= 0.6 is 0 Å². The summed E-state index contributed by atoms with van der Waals surface area (Å²) in [4.78, 5) is 0. The maximum absolute atomic E-state index is 13.2. The van der Waals surface area contributed by atoms with Crippen LogP contribution in [-0.4, -0.2) is 5.11 Å². The Morgan fingerprint density at radius 1 is 1.22 bits per heavy atom. The zero-order valence-corrected chi connectivity index (χ0v) is 9.81. The van der Waals surface area contributed by atoms with Gasteiger partial charge in [0.25, 0.3) is 0 Å². The van der Waals surface area contributed by atoms with Crippen LogP contribution in [0.25, 0.3) is 11.0 Å². The van der Waals surface area contributed by atoms with E-state index in [4.69, 9.17) is 9.52 Å². The van der Waals surface area contributed by atoms with Crippen molar-refractivity contribution in [2.45, 2.75) is 26.6 Å². The summed E-state index contributed by atoms with van der Waals surface area (Å²) in [6, 6.07) is 2.32. The average Bonchev–Trinajstić information content (AvgIpc) is 2.75. The van der Waals surface area contributed by atoms with Gasteiger partial charge in [0.05, 0.1) is 5.56 Å². The lowest BCUT2D eigenvalue weighted by Gasteiger charge is -2.06. The molecule has 2 nitrogen and oxygen atoms in total. The second-order valence-corrected chi connectivity index (χ2v) is 3.21. The van der Waals surface area contributed by atoms with E-state index in [1.54, 1.807) is 0 Å². The summed E-state index contributed by atoms with van der Waals surface area (Å²) in [5, 5.41) is 8.35. The zero-order chi connectivity index (χ0) is 13.9. The highest BCUT2D eigenvalue weighted by atomic mass is 19.4. The summed E-state index contributed by atoms with van der Waals surface area (Å²) in [6.07, 6.45) is -4.58. The number of halogens is 4. The van der Waals surface area contributed by atoms with Crippen LogP contribution in [-0.2, 0) is 12.8 Å². The van der Waals surface area contributed by atoms with Crippen molar-refractivity contribution in [3.63, 3.8) is 0 Å². The first-order chi connectivity index (χ1) is 8.43. The summed E-state index contributed by atoms with van der Waals surface area (Å²) >= 11 is 0. The van der Waals surface area contributed by atoms with Gasteiger partial charge in [0.15, 0.2) is 11.4 Å². The Bertz CT molecular complexity index is 529. The van der Waals surface area contributed by atoms with E-state index in [2.05, 4.69) is 0 Å². The number of hydrogen-bond donors (Lipinski definition) is 1. The van der Waals surface area contributed by atoms with Gasteiger partial charge < -0.3 is 9.52 Å². The van der Waals surface area contributed by atoms with E-state index in [9.17, 15) is 17.6 Å². The lowest BCUT2D eigenvalue weighted by atomic mass is 10.1. The third-order valence-electron chi connectivity index (χ3n) is 2.15. The molecule has 1 aromatic heterocycles. The molecule has 0 unspecified atom stereocenters. The third kappa shape index (κ3) is 2.64. The van der Waals surface area contributed by atoms with Crippen LogP contribution in [0, 0.1) is 5.82 Å². The van der Waals surface area contributed by atoms with Gasteiger partial charge in [-0.1, -0.05) is 13.8 Å². The highest BCUT2D eigenvalue weighted by Crippen LogP contribution is 2.36. The number of fused-ring (bicyclic) bond motifs is 1. The van der Waals surface area contributed by atoms with Crippen LogP contribution in [0.5, 0.6) is 0 Å². The number of aliphatic hydroxyl groups excluding tert-OH is 1. The quantitative estimate of drug-likeness (QED) is 0.786. The van der Waals surface area contributed by atoms with Crippen molar-refractivity contribution in [3.05, 3.63) is 35.3 Å². The molecule has 1 N–H and O–H groups in total. The fourth-order valence-electron chi connectivity index (χ4n) is 1.47. The SMILES string of the molecule is CC.OCc1cc2c(C(F)(F)F)ccc(F)c2o1. The molecule has 2 aromatic rings. The van der Waals surface area contributed by atoms with Crippen molar-refractivity contribution >= 4 is 11.0 Å². The summed E-state index contributed by atoms with van der Waals surface area (Å²) in [5.41, 5.74) is -1.47. The largest absolute Gasteiger partial charge is 0.456 e. The maximum atomic E-state index is 13.2. The van der Waals surface area contributed by atoms with Crippen LogP contribution in [0.1, 0.15) is 25.2 Å². The van der Waals surface area contributed by atoms with Crippen molar-refractivity contribution in [1.82, 2.24) is 0 Å². The Morgan fingerprint density at radius 2 is 1.83 bits per heavy atom.